The van der Waals surface area contributed by atoms with Crippen LogP contribution in [-0.2, 0) is 26.1 Å². The molecule has 6 nitrogen and oxygen atoms in total. The Morgan fingerprint density at radius 1 is 1.27 bits per heavy atom. The van der Waals surface area contributed by atoms with Crippen molar-refractivity contribution in [3.8, 4) is 11.5 Å². The van der Waals surface area contributed by atoms with Gasteiger partial charge < -0.3 is 14.5 Å². The van der Waals surface area contributed by atoms with Gasteiger partial charge in [0.25, 0.3) is 0 Å². The van der Waals surface area contributed by atoms with Crippen molar-refractivity contribution >= 4 is 16.7 Å². The zero-order valence-corrected chi connectivity index (χ0v) is 16.4. The lowest BCUT2D eigenvalue weighted by Gasteiger charge is -2.05. The molecule has 0 aliphatic rings. The molecule has 1 atom stereocenters. The number of rotatable bonds is 10. The molecule has 0 radical (unpaired) electrons. The molecule has 0 saturated heterocycles. The van der Waals surface area contributed by atoms with Crippen molar-refractivity contribution in [2.45, 2.75) is 32.9 Å². The van der Waals surface area contributed by atoms with Crippen LogP contribution in [0.4, 0.5) is 0 Å². The average Bonchev–Trinajstić information content (AvgIpc) is 2.95. The molecule has 1 aromatic carbocycles. The van der Waals surface area contributed by atoms with Crippen LogP contribution in [0.2, 0.25) is 0 Å². The number of carbonyl (C=O) groups is 1. The molecule has 2 aromatic rings. The third kappa shape index (κ3) is 6.38. The number of amides is 1. The fraction of sp³-hybridized carbons (Fsp3) is 0.474. The first-order valence-corrected chi connectivity index (χ1v) is 10.2. The van der Waals surface area contributed by atoms with Gasteiger partial charge in [0, 0.05) is 36.1 Å². The van der Waals surface area contributed by atoms with Gasteiger partial charge in [-0.25, -0.2) is 4.98 Å². The first kappa shape index (κ1) is 20.3. The maximum Gasteiger partial charge on any atom is 0.232 e. The number of nitrogens with zero attached hydrogens (tertiary/aromatic N) is 1. The molecule has 7 heteroatoms. The van der Waals surface area contributed by atoms with E-state index in [4.69, 9.17) is 9.15 Å². The van der Waals surface area contributed by atoms with Crippen LogP contribution in [0.15, 0.2) is 28.7 Å². The predicted molar refractivity (Wildman–Crippen MR) is 102 cm³/mol. The molecule has 0 aliphatic carbocycles. The molecule has 0 spiro atoms. The van der Waals surface area contributed by atoms with Gasteiger partial charge in [-0.3, -0.25) is 9.00 Å². The standard InChI is InChI=1S/C19H26N2O4S/c1-4-24-11-5-10-20-18(22)13-26(23)12-17-15(3)25-19(21-17)16-8-6-14(2)7-9-16/h6-9H,4-5,10-13H2,1-3H3,(H,20,22)/t26-/m1/s1. The molecule has 0 fully saturated rings. The van der Waals surface area contributed by atoms with Gasteiger partial charge in [-0.15, -0.1) is 0 Å². The Labute approximate surface area is 156 Å². The van der Waals surface area contributed by atoms with Gasteiger partial charge in [0.15, 0.2) is 0 Å². The van der Waals surface area contributed by atoms with Crippen molar-refractivity contribution in [3.05, 3.63) is 41.3 Å². The molecule has 0 aliphatic heterocycles. The number of nitrogens with one attached hydrogen (secondary N) is 1. The van der Waals surface area contributed by atoms with Crippen molar-refractivity contribution in [3.63, 3.8) is 0 Å². The minimum atomic E-state index is -1.33. The van der Waals surface area contributed by atoms with E-state index in [1.165, 1.54) is 0 Å². The second-order valence-electron chi connectivity index (χ2n) is 6.02. The molecule has 1 aromatic heterocycles. The topological polar surface area (TPSA) is 81.4 Å². The minimum absolute atomic E-state index is 0.0409. The second kappa shape index (κ2) is 10.2. The van der Waals surface area contributed by atoms with E-state index in [0.717, 1.165) is 17.5 Å². The summed E-state index contributed by atoms with van der Waals surface area (Å²) in [5.74, 6) is 1.08. The van der Waals surface area contributed by atoms with E-state index in [9.17, 15) is 9.00 Å². The Kier molecular flexibility index (Phi) is 8.00. The summed E-state index contributed by atoms with van der Waals surface area (Å²) in [4.78, 5) is 16.3. The van der Waals surface area contributed by atoms with E-state index in [-0.39, 0.29) is 17.4 Å². The summed E-state index contributed by atoms with van der Waals surface area (Å²) in [5, 5.41) is 2.75. The van der Waals surface area contributed by atoms with Crippen LogP contribution >= 0.6 is 0 Å². The quantitative estimate of drug-likeness (QED) is 0.643. The van der Waals surface area contributed by atoms with Gasteiger partial charge in [-0.05, 0) is 39.3 Å². The monoisotopic (exact) mass is 378 g/mol. The summed E-state index contributed by atoms with van der Waals surface area (Å²) < 4.78 is 23.1. The Bertz CT molecular complexity index is 740. The van der Waals surface area contributed by atoms with Crippen LogP contribution in [0.5, 0.6) is 0 Å². The molecule has 0 saturated carbocycles. The van der Waals surface area contributed by atoms with E-state index in [1.807, 2.05) is 38.1 Å². The Morgan fingerprint density at radius 2 is 2.00 bits per heavy atom. The highest BCUT2D eigenvalue weighted by atomic mass is 32.2. The number of oxazole rings is 1. The first-order valence-electron chi connectivity index (χ1n) is 8.72. The highest BCUT2D eigenvalue weighted by Crippen LogP contribution is 2.22. The largest absolute Gasteiger partial charge is 0.441 e. The van der Waals surface area contributed by atoms with Gasteiger partial charge in [0.2, 0.25) is 11.8 Å². The summed E-state index contributed by atoms with van der Waals surface area (Å²) in [6.45, 7) is 7.54. The highest BCUT2D eigenvalue weighted by Gasteiger charge is 2.16. The number of ether oxygens (including phenoxy) is 1. The lowest BCUT2D eigenvalue weighted by molar-refractivity contribution is -0.118. The zero-order valence-electron chi connectivity index (χ0n) is 15.5. The van der Waals surface area contributed by atoms with E-state index >= 15 is 0 Å². The molecular formula is C19H26N2O4S. The summed E-state index contributed by atoms with van der Waals surface area (Å²) >= 11 is 0. The number of aryl methyl sites for hydroxylation is 2. The molecule has 1 heterocycles. The van der Waals surface area contributed by atoms with Gasteiger partial charge in [-0.1, -0.05) is 17.7 Å². The van der Waals surface area contributed by atoms with Crippen molar-refractivity contribution in [1.29, 1.82) is 0 Å². The summed E-state index contributed by atoms with van der Waals surface area (Å²) in [6.07, 6.45) is 0.745. The molecular weight excluding hydrogens is 352 g/mol. The third-order valence-corrected chi connectivity index (χ3v) is 4.95. The van der Waals surface area contributed by atoms with E-state index < -0.39 is 10.8 Å². The van der Waals surface area contributed by atoms with Crippen LogP contribution in [-0.4, -0.2) is 40.6 Å². The van der Waals surface area contributed by atoms with Crippen molar-refractivity contribution in [1.82, 2.24) is 10.3 Å². The normalized spacial score (nSPS) is 12.1. The Morgan fingerprint density at radius 3 is 2.69 bits per heavy atom. The lowest BCUT2D eigenvalue weighted by Crippen LogP contribution is -2.30. The summed E-state index contributed by atoms with van der Waals surface area (Å²) in [7, 11) is -1.33. The molecule has 0 bridgehead atoms. The van der Waals surface area contributed by atoms with Gasteiger partial charge in [-0.2, -0.15) is 0 Å². The minimum Gasteiger partial charge on any atom is -0.441 e. The average molecular weight is 378 g/mol. The fourth-order valence-electron chi connectivity index (χ4n) is 2.33. The van der Waals surface area contributed by atoms with Gasteiger partial charge in [0.1, 0.15) is 11.5 Å². The number of hydrogen-bond acceptors (Lipinski definition) is 5. The van der Waals surface area contributed by atoms with Crippen molar-refractivity contribution in [2.75, 3.05) is 25.5 Å². The molecule has 142 valence electrons. The fourth-order valence-corrected chi connectivity index (χ4v) is 3.40. The summed E-state index contributed by atoms with van der Waals surface area (Å²) in [6, 6.07) is 7.86. The van der Waals surface area contributed by atoms with E-state index in [0.29, 0.717) is 37.1 Å². The zero-order chi connectivity index (χ0) is 18.9. The number of hydrogen-bond donors (Lipinski definition) is 1. The Balaban J connectivity index is 1.85. The second-order valence-corrected chi connectivity index (χ2v) is 7.47. The molecule has 0 unspecified atom stereocenters. The molecule has 26 heavy (non-hydrogen) atoms. The van der Waals surface area contributed by atoms with E-state index in [2.05, 4.69) is 10.3 Å². The van der Waals surface area contributed by atoms with Crippen LogP contribution < -0.4 is 5.32 Å². The maximum atomic E-state index is 12.2. The van der Waals surface area contributed by atoms with Crippen LogP contribution in [0, 0.1) is 13.8 Å². The molecule has 1 amide bonds. The van der Waals surface area contributed by atoms with Crippen LogP contribution in [0.3, 0.4) is 0 Å². The van der Waals surface area contributed by atoms with Crippen LogP contribution in [0.1, 0.15) is 30.4 Å². The number of aromatic nitrogens is 1. The predicted octanol–water partition coefficient (Wildman–Crippen LogP) is 2.75. The highest BCUT2D eigenvalue weighted by molar-refractivity contribution is 7.84. The number of carbonyl (C=O) groups excluding carboxylic acids is 1. The van der Waals surface area contributed by atoms with Crippen molar-refractivity contribution < 1.29 is 18.2 Å². The van der Waals surface area contributed by atoms with Gasteiger partial charge in [0.05, 0.1) is 11.4 Å². The van der Waals surface area contributed by atoms with Crippen LogP contribution in [0.25, 0.3) is 11.5 Å². The SMILES string of the molecule is CCOCCCNC(=O)C[S@](=O)Cc1nc(-c2ccc(C)cc2)oc1C. The van der Waals surface area contributed by atoms with Gasteiger partial charge >= 0.3 is 0 Å². The molecule has 1 N–H and O–H groups in total. The smallest absolute Gasteiger partial charge is 0.232 e. The van der Waals surface area contributed by atoms with E-state index in [1.54, 1.807) is 6.92 Å². The number of benzene rings is 1. The maximum absolute atomic E-state index is 12.2. The summed E-state index contributed by atoms with van der Waals surface area (Å²) in [5.41, 5.74) is 2.66. The Hall–Kier alpha value is -1.99. The first-order chi connectivity index (χ1) is 12.5. The third-order valence-electron chi connectivity index (χ3n) is 3.77. The van der Waals surface area contributed by atoms with Crippen molar-refractivity contribution in [2.24, 2.45) is 0 Å². The lowest BCUT2D eigenvalue weighted by atomic mass is 10.1. The molecule has 2 rings (SSSR count).